The van der Waals surface area contributed by atoms with E-state index >= 15 is 0 Å². The second-order valence-electron chi connectivity index (χ2n) is 7.23. The Balaban J connectivity index is 1.59. The summed E-state index contributed by atoms with van der Waals surface area (Å²) in [7, 11) is -2.18. The summed E-state index contributed by atoms with van der Waals surface area (Å²) >= 11 is 0. The van der Waals surface area contributed by atoms with E-state index < -0.39 is 16.1 Å². The van der Waals surface area contributed by atoms with E-state index in [0.29, 0.717) is 38.5 Å². The van der Waals surface area contributed by atoms with Gasteiger partial charge in [-0.3, -0.25) is 4.79 Å². The molecule has 0 spiro atoms. The molecule has 1 N–H and O–H groups in total. The molecule has 0 aromatic heterocycles. The number of amides is 1. The summed E-state index contributed by atoms with van der Waals surface area (Å²) in [5, 5.41) is 0. The number of nitrogens with zero attached hydrogens (tertiary/aromatic N) is 2. The monoisotopic (exact) mass is 447 g/mol. The van der Waals surface area contributed by atoms with E-state index in [2.05, 4.69) is 9.62 Å². The number of ether oxygens (including phenoxy) is 2. The minimum atomic E-state index is -3.82. The standard InChI is InChI=1S/C22H29N3O5S/c1-4-30-18-9-11-19(12-10-18)31(27,28)23-17(2)22(26)25-15-13-24(14-16-25)20-7-5-6-8-21(20)29-3/h5-12,17,23H,4,13-16H2,1-3H3/t17-/m0/s1. The highest BCUT2D eigenvalue weighted by Crippen LogP contribution is 2.28. The van der Waals surface area contributed by atoms with Crippen LogP contribution in [0, 0.1) is 0 Å². The van der Waals surface area contributed by atoms with Gasteiger partial charge in [-0.1, -0.05) is 12.1 Å². The number of sulfonamides is 1. The van der Waals surface area contributed by atoms with Crippen molar-refractivity contribution in [1.29, 1.82) is 0 Å². The smallest absolute Gasteiger partial charge is 0.241 e. The van der Waals surface area contributed by atoms with Crippen molar-refractivity contribution in [2.75, 3.05) is 44.8 Å². The van der Waals surface area contributed by atoms with Crippen molar-refractivity contribution < 1.29 is 22.7 Å². The molecular weight excluding hydrogens is 418 g/mol. The van der Waals surface area contributed by atoms with E-state index in [1.807, 2.05) is 31.2 Å². The predicted octanol–water partition coefficient (Wildman–Crippen LogP) is 2.11. The van der Waals surface area contributed by atoms with Gasteiger partial charge in [0.25, 0.3) is 0 Å². The maximum Gasteiger partial charge on any atom is 0.241 e. The molecule has 8 nitrogen and oxygen atoms in total. The summed E-state index contributed by atoms with van der Waals surface area (Å²) in [6, 6.07) is 13.0. The minimum absolute atomic E-state index is 0.0941. The number of carbonyl (C=O) groups is 1. The topological polar surface area (TPSA) is 88.2 Å². The Morgan fingerprint density at radius 1 is 1.06 bits per heavy atom. The highest BCUT2D eigenvalue weighted by atomic mass is 32.2. The molecule has 1 atom stereocenters. The first-order chi connectivity index (χ1) is 14.9. The molecule has 168 valence electrons. The zero-order chi connectivity index (χ0) is 22.4. The van der Waals surface area contributed by atoms with Crippen LogP contribution < -0.4 is 19.1 Å². The van der Waals surface area contributed by atoms with Crippen molar-refractivity contribution in [3.8, 4) is 11.5 Å². The average molecular weight is 448 g/mol. The number of benzene rings is 2. The van der Waals surface area contributed by atoms with Gasteiger partial charge in [0.1, 0.15) is 11.5 Å². The van der Waals surface area contributed by atoms with Crippen molar-refractivity contribution in [3.05, 3.63) is 48.5 Å². The number of anilines is 1. The molecule has 9 heteroatoms. The van der Waals surface area contributed by atoms with Gasteiger partial charge in [-0.15, -0.1) is 0 Å². The Hall–Kier alpha value is -2.78. The Kier molecular flexibility index (Phi) is 7.40. The van der Waals surface area contributed by atoms with Crippen LogP contribution in [-0.4, -0.2) is 65.2 Å². The SMILES string of the molecule is CCOc1ccc(S(=O)(=O)N[C@@H](C)C(=O)N2CCN(c3ccccc3OC)CC2)cc1. The number of nitrogens with one attached hydrogen (secondary N) is 1. The van der Waals surface area contributed by atoms with Gasteiger partial charge < -0.3 is 19.3 Å². The van der Waals surface area contributed by atoms with Gasteiger partial charge in [0.05, 0.1) is 30.3 Å². The molecule has 0 radical (unpaired) electrons. The van der Waals surface area contributed by atoms with Gasteiger partial charge >= 0.3 is 0 Å². The highest BCUT2D eigenvalue weighted by molar-refractivity contribution is 7.89. The quantitative estimate of drug-likeness (QED) is 0.667. The van der Waals surface area contributed by atoms with Crippen LogP contribution in [0.15, 0.2) is 53.4 Å². The first-order valence-electron chi connectivity index (χ1n) is 10.3. The van der Waals surface area contributed by atoms with Gasteiger partial charge in [-0.25, -0.2) is 8.42 Å². The summed E-state index contributed by atoms with van der Waals surface area (Å²) < 4.78 is 38.6. The van der Waals surface area contributed by atoms with E-state index in [0.717, 1.165) is 11.4 Å². The number of para-hydroxylation sites is 2. The van der Waals surface area contributed by atoms with Crippen LogP contribution >= 0.6 is 0 Å². The molecule has 1 aliphatic heterocycles. The first-order valence-corrected chi connectivity index (χ1v) is 11.8. The third kappa shape index (κ3) is 5.48. The summed E-state index contributed by atoms with van der Waals surface area (Å²) in [5.41, 5.74) is 0.987. The van der Waals surface area contributed by atoms with E-state index in [1.165, 1.54) is 12.1 Å². The molecule has 0 unspecified atom stereocenters. The van der Waals surface area contributed by atoms with E-state index in [-0.39, 0.29) is 10.8 Å². The molecule has 0 aliphatic carbocycles. The molecule has 3 rings (SSSR count). The lowest BCUT2D eigenvalue weighted by molar-refractivity contribution is -0.132. The van der Waals surface area contributed by atoms with E-state index in [4.69, 9.17) is 9.47 Å². The lowest BCUT2D eigenvalue weighted by atomic mass is 10.2. The largest absolute Gasteiger partial charge is 0.495 e. The lowest BCUT2D eigenvalue weighted by Gasteiger charge is -2.37. The second-order valence-corrected chi connectivity index (χ2v) is 8.95. The molecule has 1 saturated heterocycles. The Labute approximate surface area is 183 Å². The van der Waals surface area contributed by atoms with Gasteiger partial charge in [0.2, 0.25) is 15.9 Å². The summed E-state index contributed by atoms with van der Waals surface area (Å²) in [6.07, 6.45) is 0. The van der Waals surface area contributed by atoms with Crippen molar-refractivity contribution in [2.24, 2.45) is 0 Å². The number of carbonyl (C=O) groups excluding carboxylic acids is 1. The van der Waals surface area contributed by atoms with Crippen LogP contribution in [0.3, 0.4) is 0 Å². The third-order valence-electron chi connectivity index (χ3n) is 5.16. The maximum atomic E-state index is 12.8. The van der Waals surface area contributed by atoms with Crippen LogP contribution in [0.1, 0.15) is 13.8 Å². The Morgan fingerprint density at radius 2 is 1.71 bits per heavy atom. The van der Waals surface area contributed by atoms with Gasteiger partial charge in [-0.05, 0) is 50.2 Å². The maximum absolute atomic E-state index is 12.8. The summed E-state index contributed by atoms with van der Waals surface area (Å²) in [4.78, 5) is 16.8. The normalized spacial score (nSPS) is 15.5. The summed E-state index contributed by atoms with van der Waals surface area (Å²) in [5.74, 6) is 1.14. The van der Waals surface area contributed by atoms with Crippen molar-refractivity contribution in [2.45, 2.75) is 24.8 Å². The lowest BCUT2D eigenvalue weighted by Crippen LogP contribution is -2.54. The number of hydrogen-bond acceptors (Lipinski definition) is 6. The van der Waals surface area contributed by atoms with Crippen LogP contribution in [-0.2, 0) is 14.8 Å². The van der Waals surface area contributed by atoms with Gasteiger partial charge in [0.15, 0.2) is 0 Å². The zero-order valence-corrected chi connectivity index (χ0v) is 18.9. The Morgan fingerprint density at radius 3 is 2.32 bits per heavy atom. The molecule has 2 aromatic carbocycles. The fourth-order valence-corrected chi connectivity index (χ4v) is 4.76. The molecule has 1 aliphatic rings. The van der Waals surface area contributed by atoms with Crippen LogP contribution in [0.25, 0.3) is 0 Å². The van der Waals surface area contributed by atoms with Crippen LogP contribution in [0.2, 0.25) is 0 Å². The van der Waals surface area contributed by atoms with Crippen molar-refractivity contribution in [1.82, 2.24) is 9.62 Å². The van der Waals surface area contributed by atoms with Crippen LogP contribution in [0.5, 0.6) is 11.5 Å². The molecule has 31 heavy (non-hydrogen) atoms. The fraction of sp³-hybridized carbons (Fsp3) is 0.409. The van der Waals surface area contributed by atoms with Gasteiger partial charge in [0, 0.05) is 26.2 Å². The summed E-state index contributed by atoms with van der Waals surface area (Å²) in [6.45, 7) is 6.23. The van der Waals surface area contributed by atoms with E-state index in [1.54, 1.807) is 31.1 Å². The second kappa shape index (κ2) is 10.0. The predicted molar refractivity (Wildman–Crippen MR) is 119 cm³/mol. The number of rotatable bonds is 8. The average Bonchev–Trinajstić information content (AvgIpc) is 2.79. The van der Waals surface area contributed by atoms with Gasteiger partial charge in [-0.2, -0.15) is 4.72 Å². The fourth-order valence-electron chi connectivity index (χ4n) is 3.57. The molecule has 0 saturated carbocycles. The molecule has 0 bridgehead atoms. The minimum Gasteiger partial charge on any atom is -0.495 e. The highest BCUT2D eigenvalue weighted by Gasteiger charge is 2.29. The van der Waals surface area contributed by atoms with Crippen LogP contribution in [0.4, 0.5) is 5.69 Å². The number of piperazine rings is 1. The molecule has 1 heterocycles. The van der Waals surface area contributed by atoms with Crippen molar-refractivity contribution >= 4 is 21.6 Å². The first kappa shape index (κ1) is 22.9. The molecule has 2 aromatic rings. The number of methoxy groups -OCH3 is 1. The zero-order valence-electron chi connectivity index (χ0n) is 18.1. The molecule has 1 amide bonds. The Bertz CT molecular complexity index is 986. The molecular formula is C22H29N3O5S. The molecule has 1 fully saturated rings. The van der Waals surface area contributed by atoms with Crippen molar-refractivity contribution in [3.63, 3.8) is 0 Å². The van der Waals surface area contributed by atoms with E-state index in [9.17, 15) is 13.2 Å². The third-order valence-corrected chi connectivity index (χ3v) is 6.72. The number of hydrogen-bond donors (Lipinski definition) is 1.